The summed E-state index contributed by atoms with van der Waals surface area (Å²) < 4.78 is 17.5. The lowest BCUT2D eigenvalue weighted by atomic mass is 9.81. The van der Waals surface area contributed by atoms with E-state index in [0.29, 0.717) is 0 Å². The summed E-state index contributed by atoms with van der Waals surface area (Å²) in [6.45, 7) is -0.873. The summed E-state index contributed by atoms with van der Waals surface area (Å²) in [5, 5.41) is 9.54. The molecule has 0 spiro atoms. The quantitative estimate of drug-likeness (QED) is 0.259. The molecule has 1 aliphatic heterocycles. The van der Waals surface area contributed by atoms with Gasteiger partial charge in [0.15, 0.2) is 17.8 Å². The molecule has 0 unspecified atom stereocenters. The van der Waals surface area contributed by atoms with Gasteiger partial charge in [0.25, 0.3) is 0 Å². The molecule has 3 aromatic rings. The molecule has 0 aromatic heterocycles. The number of ketones is 1. The molecule has 1 fully saturated rings. The Morgan fingerprint density at radius 1 is 0.806 bits per heavy atom. The minimum absolute atomic E-state index is 0.194. The largest absolute Gasteiger partial charge is 0.453 e. The summed E-state index contributed by atoms with van der Waals surface area (Å²) in [5.74, 6) is -2.20. The Kier molecular flexibility index (Phi) is 7.95. The maximum Gasteiger partial charge on any atom is 0.338 e. The molecule has 5 atom stereocenters. The Hall–Kier alpha value is -3.37. The van der Waals surface area contributed by atoms with Crippen LogP contribution in [0.15, 0.2) is 91.0 Å². The van der Waals surface area contributed by atoms with Crippen LogP contribution in [0, 0.1) is 0 Å². The van der Waals surface area contributed by atoms with Gasteiger partial charge >= 0.3 is 11.9 Å². The molecule has 0 amide bonds. The van der Waals surface area contributed by atoms with Crippen molar-refractivity contribution in [3.63, 3.8) is 0 Å². The second-order valence-electron chi connectivity index (χ2n) is 8.22. The number of alkyl halides is 1. The maximum absolute atomic E-state index is 13.8. The molecule has 1 aliphatic rings. The highest BCUT2D eigenvalue weighted by molar-refractivity contribution is 9.09. The van der Waals surface area contributed by atoms with Crippen molar-refractivity contribution in [1.29, 1.82) is 0 Å². The van der Waals surface area contributed by atoms with Crippen LogP contribution in [0.5, 0.6) is 0 Å². The van der Waals surface area contributed by atoms with Gasteiger partial charge < -0.3 is 25.1 Å². The Morgan fingerprint density at radius 3 is 1.72 bits per heavy atom. The highest BCUT2D eigenvalue weighted by Crippen LogP contribution is 2.38. The van der Waals surface area contributed by atoms with E-state index in [1.54, 1.807) is 78.9 Å². The lowest BCUT2D eigenvalue weighted by Gasteiger charge is -2.48. The smallest absolute Gasteiger partial charge is 0.338 e. The number of halogens is 1. The van der Waals surface area contributed by atoms with Crippen molar-refractivity contribution in [2.45, 2.75) is 28.9 Å². The summed E-state index contributed by atoms with van der Waals surface area (Å²) in [5.41, 5.74) is 4.85. The van der Waals surface area contributed by atoms with Crippen LogP contribution in [-0.2, 0) is 14.2 Å². The van der Waals surface area contributed by atoms with Gasteiger partial charge in [0.05, 0.1) is 23.8 Å². The second-order valence-corrected chi connectivity index (χ2v) is 9.12. The normalized spacial score (nSPS) is 25.5. The van der Waals surface area contributed by atoms with E-state index >= 15 is 0 Å². The molecule has 0 radical (unpaired) electrons. The number of hydrogen-bond donors (Lipinski definition) is 2. The minimum Gasteiger partial charge on any atom is -0.453 e. The van der Waals surface area contributed by atoms with Gasteiger partial charge in [-0.1, -0.05) is 82.7 Å². The van der Waals surface area contributed by atoms with Crippen molar-refractivity contribution >= 4 is 33.7 Å². The van der Waals surface area contributed by atoms with Crippen LogP contribution >= 0.6 is 15.9 Å². The second kappa shape index (κ2) is 11.1. The third-order valence-electron chi connectivity index (χ3n) is 5.91. The van der Waals surface area contributed by atoms with Crippen molar-refractivity contribution in [1.82, 2.24) is 0 Å². The average Bonchev–Trinajstić information content (AvgIpc) is 2.93. The molecule has 3 N–H and O–H groups in total. The summed E-state index contributed by atoms with van der Waals surface area (Å²) in [7, 11) is 0. The Bertz CT molecular complexity index is 1210. The molecule has 8 nitrogen and oxygen atoms in total. The lowest BCUT2D eigenvalue weighted by molar-refractivity contribution is -0.202. The summed E-state index contributed by atoms with van der Waals surface area (Å²) in [6.07, 6.45) is -2.91. The number of nitrogens with two attached hydrogens (primary N) is 1. The molecule has 0 bridgehead atoms. The Labute approximate surface area is 216 Å². The van der Waals surface area contributed by atoms with E-state index in [1.165, 1.54) is 12.1 Å². The molecule has 4 rings (SSSR count). The fourth-order valence-corrected chi connectivity index (χ4v) is 4.64. The highest BCUT2D eigenvalue weighted by atomic mass is 79.9. The lowest BCUT2D eigenvalue weighted by Crippen LogP contribution is -2.71. The standard InChI is InChI=1S/C27H24BrNO7/c28-24-20(29)21(34-25(32)18-12-6-2-7-13-18)23(35-26(33)19-14-8-3-9-15-19)27(16-30,36-24)22(31)17-10-4-1-5-11-17/h1-15,20-21,23-24,30H,16,29H2/t20-,21+,23+,24-,27-/m0/s1. The zero-order chi connectivity index (χ0) is 25.7. The van der Waals surface area contributed by atoms with Gasteiger partial charge in [-0.25, -0.2) is 9.59 Å². The topological polar surface area (TPSA) is 125 Å². The van der Waals surface area contributed by atoms with Crippen LogP contribution in [0.3, 0.4) is 0 Å². The first kappa shape index (κ1) is 25.7. The van der Waals surface area contributed by atoms with Crippen molar-refractivity contribution in [3.8, 4) is 0 Å². The van der Waals surface area contributed by atoms with Crippen LogP contribution in [0.25, 0.3) is 0 Å². The first-order chi connectivity index (χ1) is 17.4. The molecule has 1 saturated heterocycles. The molecule has 3 aromatic carbocycles. The number of esters is 2. The average molecular weight is 554 g/mol. The Balaban J connectivity index is 1.78. The number of carbonyl (C=O) groups excluding carboxylic acids is 3. The zero-order valence-electron chi connectivity index (χ0n) is 19.0. The molecule has 36 heavy (non-hydrogen) atoms. The third-order valence-corrected chi connectivity index (χ3v) is 6.71. The van der Waals surface area contributed by atoms with Gasteiger partial charge in [-0.15, -0.1) is 0 Å². The summed E-state index contributed by atoms with van der Waals surface area (Å²) in [6, 6.07) is 23.3. The van der Waals surface area contributed by atoms with Crippen LogP contribution in [0.1, 0.15) is 31.1 Å². The fourth-order valence-electron chi connectivity index (χ4n) is 4.00. The van der Waals surface area contributed by atoms with Crippen LogP contribution in [-0.4, -0.2) is 58.3 Å². The first-order valence-electron chi connectivity index (χ1n) is 11.2. The van der Waals surface area contributed by atoms with Gasteiger partial charge in [-0.3, -0.25) is 4.79 Å². The number of Topliss-reactive ketones (excluding diaryl/α,β-unsaturated/α-hetero) is 1. The molecule has 1 heterocycles. The highest BCUT2D eigenvalue weighted by Gasteiger charge is 2.61. The van der Waals surface area contributed by atoms with Crippen molar-refractivity contribution < 1.29 is 33.7 Å². The third kappa shape index (κ3) is 5.10. The van der Waals surface area contributed by atoms with Crippen LogP contribution in [0.2, 0.25) is 0 Å². The predicted molar refractivity (Wildman–Crippen MR) is 134 cm³/mol. The number of hydrogen-bond acceptors (Lipinski definition) is 8. The summed E-state index contributed by atoms with van der Waals surface area (Å²) in [4.78, 5) is 39.8. The first-order valence-corrected chi connectivity index (χ1v) is 12.1. The van der Waals surface area contributed by atoms with Crippen molar-refractivity contribution in [2.75, 3.05) is 6.61 Å². The van der Waals surface area contributed by atoms with Gasteiger partial charge in [0.1, 0.15) is 5.01 Å². The number of aliphatic hydroxyl groups is 1. The van der Waals surface area contributed by atoms with E-state index in [9.17, 15) is 19.5 Å². The van der Waals surface area contributed by atoms with E-state index in [-0.39, 0.29) is 16.7 Å². The molecule has 9 heteroatoms. The van der Waals surface area contributed by atoms with E-state index in [2.05, 4.69) is 15.9 Å². The summed E-state index contributed by atoms with van der Waals surface area (Å²) >= 11 is 3.29. The minimum atomic E-state index is -2.11. The van der Waals surface area contributed by atoms with Gasteiger partial charge in [-0.05, 0) is 24.3 Å². The SMILES string of the molecule is N[C@H]1[C@@H](OC(=O)c2ccccc2)[C@@H](OC(=O)c2ccccc2)[C@](CO)(C(=O)c2ccccc2)O[C@@H]1Br. The van der Waals surface area contributed by atoms with E-state index in [4.69, 9.17) is 19.9 Å². The molecule has 186 valence electrons. The monoisotopic (exact) mass is 553 g/mol. The van der Waals surface area contributed by atoms with Gasteiger partial charge in [-0.2, -0.15) is 0 Å². The maximum atomic E-state index is 13.8. The van der Waals surface area contributed by atoms with Crippen molar-refractivity contribution in [2.24, 2.45) is 5.73 Å². The Morgan fingerprint density at radius 2 is 1.25 bits per heavy atom. The predicted octanol–water partition coefficient (Wildman–Crippen LogP) is 3.13. The molecular formula is C27H24BrNO7. The van der Waals surface area contributed by atoms with Gasteiger partial charge in [0.2, 0.25) is 5.78 Å². The fraction of sp³-hybridized carbons (Fsp3) is 0.222. The number of carbonyl (C=O) groups is 3. The van der Waals surface area contributed by atoms with E-state index in [0.717, 1.165) is 0 Å². The van der Waals surface area contributed by atoms with Crippen LogP contribution < -0.4 is 5.73 Å². The zero-order valence-corrected chi connectivity index (χ0v) is 20.6. The number of benzene rings is 3. The van der Waals surface area contributed by atoms with Crippen LogP contribution in [0.4, 0.5) is 0 Å². The van der Waals surface area contributed by atoms with E-state index in [1.807, 2.05) is 0 Å². The molecular weight excluding hydrogens is 530 g/mol. The number of rotatable bonds is 7. The van der Waals surface area contributed by atoms with Crippen molar-refractivity contribution in [3.05, 3.63) is 108 Å². The van der Waals surface area contributed by atoms with E-state index < -0.39 is 53.2 Å². The number of ether oxygens (including phenoxy) is 3. The molecule has 0 saturated carbocycles. The molecule has 0 aliphatic carbocycles. The number of aliphatic hydroxyl groups excluding tert-OH is 1. The van der Waals surface area contributed by atoms with Gasteiger partial charge in [0, 0.05) is 5.56 Å².